The quantitative estimate of drug-likeness (QED) is 0.813. The Morgan fingerprint density at radius 3 is 2.57 bits per heavy atom. The van der Waals surface area contributed by atoms with Gasteiger partial charge in [-0.1, -0.05) is 30.3 Å². The van der Waals surface area contributed by atoms with Gasteiger partial charge in [0.05, 0.1) is 6.10 Å². The Balaban J connectivity index is 1.97. The molecule has 0 radical (unpaired) electrons. The molecule has 0 aliphatic heterocycles. The molecule has 124 valence electrons. The first-order valence-corrected chi connectivity index (χ1v) is 7.18. The Bertz CT molecular complexity index is 637. The van der Waals surface area contributed by atoms with Gasteiger partial charge in [-0.25, -0.2) is 4.39 Å². The minimum absolute atomic E-state index is 0.0702. The summed E-state index contributed by atoms with van der Waals surface area (Å²) in [4.78, 5) is 0. The molecule has 0 spiro atoms. The van der Waals surface area contributed by atoms with Crippen molar-refractivity contribution < 1.29 is 23.0 Å². The second-order valence-corrected chi connectivity index (χ2v) is 5.12. The maximum atomic E-state index is 13.6. The zero-order valence-corrected chi connectivity index (χ0v) is 12.5. The molecule has 0 aliphatic rings. The molecule has 0 bridgehead atoms. The van der Waals surface area contributed by atoms with Crippen LogP contribution in [0.15, 0.2) is 48.5 Å². The van der Waals surface area contributed by atoms with Crippen molar-refractivity contribution in [2.45, 2.75) is 25.7 Å². The zero-order chi connectivity index (χ0) is 16.8. The number of alkyl halides is 2. The van der Waals surface area contributed by atoms with Crippen molar-refractivity contribution in [1.29, 1.82) is 0 Å². The number of rotatable bonds is 7. The van der Waals surface area contributed by atoms with Crippen LogP contribution in [0, 0.1) is 5.82 Å². The lowest BCUT2D eigenvalue weighted by Gasteiger charge is -2.18. The van der Waals surface area contributed by atoms with Crippen molar-refractivity contribution >= 4 is 0 Å². The third-order valence-corrected chi connectivity index (χ3v) is 3.46. The maximum Gasteiger partial charge on any atom is 0.387 e. The highest BCUT2D eigenvalue weighted by atomic mass is 19.3. The van der Waals surface area contributed by atoms with E-state index >= 15 is 0 Å². The van der Waals surface area contributed by atoms with Crippen LogP contribution in [0.25, 0.3) is 0 Å². The average Bonchev–Trinajstić information content (AvgIpc) is 2.52. The normalized spacial score (nSPS) is 13.8. The van der Waals surface area contributed by atoms with E-state index < -0.39 is 18.5 Å². The lowest BCUT2D eigenvalue weighted by molar-refractivity contribution is -0.0499. The molecule has 6 heteroatoms. The first-order valence-electron chi connectivity index (χ1n) is 7.18. The molecule has 2 rings (SSSR count). The molecule has 3 nitrogen and oxygen atoms in total. The Hall–Kier alpha value is -2.05. The van der Waals surface area contributed by atoms with Gasteiger partial charge in [-0.15, -0.1) is 0 Å². The van der Waals surface area contributed by atoms with E-state index in [0.29, 0.717) is 0 Å². The first kappa shape index (κ1) is 17.3. The second-order valence-electron chi connectivity index (χ2n) is 5.12. The van der Waals surface area contributed by atoms with Gasteiger partial charge in [0, 0.05) is 18.2 Å². The van der Waals surface area contributed by atoms with Crippen molar-refractivity contribution in [3.8, 4) is 5.75 Å². The number of nitrogens with one attached hydrogen (secondary N) is 1. The van der Waals surface area contributed by atoms with Crippen LogP contribution in [0.4, 0.5) is 13.2 Å². The van der Waals surface area contributed by atoms with E-state index in [-0.39, 0.29) is 23.9 Å². The van der Waals surface area contributed by atoms with Gasteiger partial charge in [0.1, 0.15) is 11.6 Å². The summed E-state index contributed by atoms with van der Waals surface area (Å²) in [5, 5.41) is 13.1. The summed E-state index contributed by atoms with van der Waals surface area (Å²) in [5.41, 5.74) is 0.936. The Morgan fingerprint density at radius 1 is 1.13 bits per heavy atom. The summed E-state index contributed by atoms with van der Waals surface area (Å²) in [7, 11) is 0. The van der Waals surface area contributed by atoms with Gasteiger partial charge < -0.3 is 15.2 Å². The predicted octanol–water partition coefficient (Wildman–Crippen LogP) is 3.81. The molecule has 0 heterocycles. The number of aliphatic hydroxyl groups is 1. The number of benzene rings is 2. The van der Waals surface area contributed by atoms with Crippen LogP contribution in [0.2, 0.25) is 0 Å². The fraction of sp³-hybridized carbons (Fsp3) is 0.294. The van der Waals surface area contributed by atoms with Crippen LogP contribution >= 0.6 is 0 Å². The van der Waals surface area contributed by atoms with Gasteiger partial charge >= 0.3 is 6.61 Å². The molecule has 2 atom stereocenters. The molecule has 0 saturated heterocycles. The molecule has 0 saturated carbocycles. The van der Waals surface area contributed by atoms with Gasteiger partial charge in [0.15, 0.2) is 0 Å². The summed E-state index contributed by atoms with van der Waals surface area (Å²) in [5.74, 6) is -0.400. The molecule has 0 aromatic heterocycles. The van der Waals surface area contributed by atoms with Crippen LogP contribution in [-0.4, -0.2) is 18.3 Å². The fourth-order valence-electron chi connectivity index (χ4n) is 2.22. The lowest BCUT2D eigenvalue weighted by atomic mass is 10.1. The monoisotopic (exact) mass is 325 g/mol. The van der Waals surface area contributed by atoms with E-state index in [4.69, 9.17) is 0 Å². The SMILES string of the molecule is CC(NCC(O)c1ccccc1F)c1cccc(OC(F)F)c1. The molecular weight excluding hydrogens is 307 g/mol. The van der Waals surface area contributed by atoms with Crippen molar-refractivity contribution in [2.75, 3.05) is 6.54 Å². The minimum atomic E-state index is -2.88. The van der Waals surface area contributed by atoms with E-state index in [0.717, 1.165) is 5.56 Å². The van der Waals surface area contributed by atoms with E-state index in [9.17, 15) is 18.3 Å². The highest BCUT2D eigenvalue weighted by Crippen LogP contribution is 2.22. The van der Waals surface area contributed by atoms with Crippen LogP contribution < -0.4 is 10.1 Å². The number of ether oxygens (including phenoxy) is 1. The van der Waals surface area contributed by atoms with Crippen molar-refractivity contribution in [3.63, 3.8) is 0 Å². The molecule has 2 unspecified atom stereocenters. The van der Waals surface area contributed by atoms with Gasteiger partial charge in [-0.2, -0.15) is 8.78 Å². The Kier molecular flexibility index (Phi) is 6.01. The maximum absolute atomic E-state index is 13.6. The van der Waals surface area contributed by atoms with E-state index in [1.54, 1.807) is 24.3 Å². The van der Waals surface area contributed by atoms with Gasteiger partial charge in [-0.05, 0) is 30.7 Å². The van der Waals surface area contributed by atoms with Crippen LogP contribution in [0.3, 0.4) is 0 Å². The molecule has 0 aliphatic carbocycles. The Morgan fingerprint density at radius 2 is 1.87 bits per heavy atom. The molecular formula is C17H18F3NO2. The summed E-state index contributed by atoms with van der Waals surface area (Å²) in [6.45, 7) is -0.936. The highest BCUT2D eigenvalue weighted by molar-refractivity contribution is 5.30. The van der Waals surface area contributed by atoms with Gasteiger partial charge in [0.2, 0.25) is 0 Å². The summed E-state index contributed by atoms with van der Waals surface area (Å²) >= 11 is 0. The fourth-order valence-corrected chi connectivity index (χ4v) is 2.22. The number of halogens is 3. The van der Waals surface area contributed by atoms with Crippen LogP contribution in [0.1, 0.15) is 30.2 Å². The molecule has 23 heavy (non-hydrogen) atoms. The number of hydrogen-bond acceptors (Lipinski definition) is 3. The first-order chi connectivity index (χ1) is 11.0. The molecule has 2 aromatic rings. The largest absolute Gasteiger partial charge is 0.435 e. The smallest absolute Gasteiger partial charge is 0.387 e. The van der Waals surface area contributed by atoms with E-state index in [1.165, 1.54) is 24.3 Å². The lowest BCUT2D eigenvalue weighted by Crippen LogP contribution is -2.25. The third kappa shape index (κ3) is 4.97. The van der Waals surface area contributed by atoms with Crippen molar-refractivity contribution in [3.05, 3.63) is 65.5 Å². The molecule has 0 amide bonds. The molecule has 0 fully saturated rings. The highest BCUT2D eigenvalue weighted by Gasteiger charge is 2.14. The van der Waals surface area contributed by atoms with Crippen LogP contribution in [0.5, 0.6) is 5.75 Å². The van der Waals surface area contributed by atoms with Crippen molar-refractivity contribution in [1.82, 2.24) is 5.32 Å². The topological polar surface area (TPSA) is 41.5 Å². The van der Waals surface area contributed by atoms with Gasteiger partial charge in [-0.3, -0.25) is 0 Å². The van der Waals surface area contributed by atoms with Crippen LogP contribution in [-0.2, 0) is 0 Å². The van der Waals surface area contributed by atoms with Gasteiger partial charge in [0.25, 0.3) is 0 Å². The number of aliphatic hydroxyl groups excluding tert-OH is 1. The second kappa shape index (κ2) is 7.99. The van der Waals surface area contributed by atoms with Crippen molar-refractivity contribution in [2.24, 2.45) is 0 Å². The standard InChI is InChI=1S/C17H18F3NO2/c1-11(12-5-4-6-13(9-12)23-17(19)20)21-10-16(22)14-7-2-3-8-15(14)18/h2-9,11,16-17,21-22H,10H2,1H3. The zero-order valence-electron chi connectivity index (χ0n) is 12.5. The van der Waals surface area contributed by atoms with E-state index in [2.05, 4.69) is 10.1 Å². The Labute approximate surface area is 132 Å². The predicted molar refractivity (Wildman–Crippen MR) is 80.9 cm³/mol. The number of hydrogen-bond donors (Lipinski definition) is 2. The summed E-state index contributed by atoms with van der Waals surface area (Å²) in [6, 6.07) is 12.1. The summed E-state index contributed by atoms with van der Waals surface area (Å²) in [6.07, 6.45) is -1.00. The molecule has 2 aromatic carbocycles. The third-order valence-electron chi connectivity index (χ3n) is 3.46. The minimum Gasteiger partial charge on any atom is -0.435 e. The molecule has 2 N–H and O–H groups in total. The van der Waals surface area contributed by atoms with E-state index in [1.807, 2.05) is 6.92 Å². The summed E-state index contributed by atoms with van der Waals surface area (Å²) < 4.78 is 42.4. The average molecular weight is 325 g/mol.